The summed E-state index contributed by atoms with van der Waals surface area (Å²) in [7, 11) is 0. The van der Waals surface area contributed by atoms with Crippen LogP contribution in [-0.4, -0.2) is 6.10 Å². The van der Waals surface area contributed by atoms with Gasteiger partial charge in [-0.3, -0.25) is 0 Å². The minimum absolute atomic E-state index is 0. The molecule has 0 spiro atoms. The van der Waals surface area contributed by atoms with Crippen LogP contribution in [0.3, 0.4) is 0 Å². The molecule has 1 nitrogen and oxygen atoms in total. The van der Waals surface area contributed by atoms with Crippen molar-refractivity contribution >= 4 is 0 Å². The summed E-state index contributed by atoms with van der Waals surface area (Å²) in [5, 5.41) is 0. The first kappa shape index (κ1) is 25.6. The molecule has 0 aliphatic heterocycles. The Balaban J connectivity index is 0.00000306. The van der Waals surface area contributed by atoms with Crippen LogP contribution in [0.4, 0.5) is 0 Å². The SMILES string of the molecule is [CH-]=CC(CCCCC1CCCC1)OC(c1ccccc1)(c1ccccc1)c1ccccc1.[Li+]. The van der Waals surface area contributed by atoms with Crippen molar-refractivity contribution in [1.29, 1.82) is 0 Å². The maximum Gasteiger partial charge on any atom is 1.00 e. The van der Waals surface area contributed by atoms with E-state index in [-0.39, 0.29) is 25.0 Å². The Morgan fingerprint density at radius 2 is 1.21 bits per heavy atom. The van der Waals surface area contributed by atoms with Crippen LogP contribution >= 0.6 is 0 Å². The fourth-order valence-corrected chi connectivity index (χ4v) is 5.22. The first-order chi connectivity index (χ1) is 15.8. The first-order valence-electron chi connectivity index (χ1n) is 12.2. The van der Waals surface area contributed by atoms with E-state index in [1.807, 2.05) is 0 Å². The topological polar surface area (TPSA) is 9.23 Å². The molecule has 0 radical (unpaired) electrons. The quantitative estimate of drug-likeness (QED) is 0.178. The summed E-state index contributed by atoms with van der Waals surface area (Å²) in [6.45, 7) is 6.17. The third kappa shape index (κ3) is 6.30. The second-order valence-corrected chi connectivity index (χ2v) is 9.06. The molecule has 0 amide bonds. The maximum atomic E-state index is 7.04. The molecule has 0 aromatic heterocycles. The van der Waals surface area contributed by atoms with E-state index in [1.165, 1.54) is 38.5 Å². The van der Waals surface area contributed by atoms with Crippen molar-refractivity contribution in [2.24, 2.45) is 5.92 Å². The van der Waals surface area contributed by atoms with Crippen LogP contribution in [0.25, 0.3) is 0 Å². The molecule has 33 heavy (non-hydrogen) atoms. The monoisotopic (exact) mass is 430 g/mol. The summed E-state index contributed by atoms with van der Waals surface area (Å²) in [5.41, 5.74) is 2.65. The van der Waals surface area contributed by atoms with Crippen molar-refractivity contribution in [3.8, 4) is 0 Å². The molecule has 0 heterocycles. The van der Waals surface area contributed by atoms with Gasteiger partial charge in [-0.05, 0) is 29.0 Å². The second-order valence-electron chi connectivity index (χ2n) is 9.06. The van der Waals surface area contributed by atoms with E-state index < -0.39 is 5.60 Å². The van der Waals surface area contributed by atoms with E-state index >= 15 is 0 Å². The van der Waals surface area contributed by atoms with Crippen LogP contribution in [0.5, 0.6) is 0 Å². The van der Waals surface area contributed by atoms with Crippen LogP contribution in [0, 0.1) is 12.5 Å². The van der Waals surface area contributed by atoms with Crippen molar-refractivity contribution in [1.82, 2.24) is 0 Å². The van der Waals surface area contributed by atoms with Crippen molar-refractivity contribution in [2.75, 3.05) is 0 Å². The Hall–Kier alpha value is -2.04. The molecule has 3 aromatic carbocycles. The van der Waals surface area contributed by atoms with E-state index in [0.29, 0.717) is 0 Å². The Morgan fingerprint density at radius 3 is 1.64 bits per heavy atom. The Labute approximate surface area is 212 Å². The Bertz CT molecular complexity index is 836. The average Bonchev–Trinajstić information content (AvgIpc) is 3.39. The summed E-state index contributed by atoms with van der Waals surface area (Å²) in [5.74, 6) is 0.938. The van der Waals surface area contributed by atoms with Crippen LogP contribution in [0.2, 0.25) is 0 Å². The molecule has 1 aliphatic carbocycles. The van der Waals surface area contributed by atoms with Gasteiger partial charge in [0, 0.05) is 6.10 Å². The molecule has 0 N–H and O–H groups in total. The number of hydrogen-bond donors (Lipinski definition) is 0. The first-order valence-corrected chi connectivity index (χ1v) is 12.2. The Kier molecular flexibility index (Phi) is 10.1. The van der Waals surface area contributed by atoms with Gasteiger partial charge in [0.25, 0.3) is 0 Å². The van der Waals surface area contributed by atoms with Gasteiger partial charge in [-0.1, -0.05) is 136 Å². The number of hydrogen-bond acceptors (Lipinski definition) is 1. The molecule has 1 aliphatic rings. The predicted molar refractivity (Wildman–Crippen MR) is 133 cm³/mol. The minimum atomic E-state index is -0.713. The van der Waals surface area contributed by atoms with Crippen molar-refractivity contribution in [2.45, 2.75) is 63.1 Å². The normalized spacial score (nSPS) is 15.0. The van der Waals surface area contributed by atoms with Gasteiger partial charge in [0.05, 0.1) is 0 Å². The van der Waals surface area contributed by atoms with E-state index in [0.717, 1.165) is 35.4 Å². The number of rotatable bonds is 11. The molecule has 1 saturated carbocycles. The molecule has 2 heteroatoms. The third-order valence-electron chi connectivity index (χ3n) is 6.91. The van der Waals surface area contributed by atoms with Crippen molar-refractivity contribution < 1.29 is 23.6 Å². The maximum absolute atomic E-state index is 7.04. The number of ether oxygens (including phenoxy) is 1. The molecule has 1 unspecified atom stereocenters. The van der Waals surface area contributed by atoms with Gasteiger partial charge in [0.15, 0.2) is 0 Å². The number of benzene rings is 3. The standard InChI is InChI=1S/C31H35O.Li/c1-2-30(25-15-14-18-26-16-12-13-17-26)32-31(27-19-6-3-7-20-27,28-21-8-4-9-22-28)29-23-10-5-11-24-29;/h1-11,19-24,26,30H,12-18,25H2;/q-1;+1. The molecule has 0 saturated heterocycles. The summed E-state index contributed by atoms with van der Waals surface area (Å²) in [6.07, 6.45) is 12.0. The van der Waals surface area contributed by atoms with Gasteiger partial charge >= 0.3 is 18.9 Å². The van der Waals surface area contributed by atoms with Gasteiger partial charge in [0.1, 0.15) is 5.60 Å². The van der Waals surface area contributed by atoms with Gasteiger partial charge in [0.2, 0.25) is 0 Å². The van der Waals surface area contributed by atoms with Gasteiger partial charge in [-0.25, -0.2) is 6.08 Å². The van der Waals surface area contributed by atoms with E-state index in [9.17, 15) is 0 Å². The zero-order chi connectivity index (χ0) is 22.1. The van der Waals surface area contributed by atoms with Crippen molar-refractivity contribution in [3.63, 3.8) is 0 Å². The van der Waals surface area contributed by atoms with Crippen LogP contribution in [0.15, 0.2) is 97.1 Å². The van der Waals surface area contributed by atoms with Crippen LogP contribution in [0.1, 0.15) is 68.1 Å². The van der Waals surface area contributed by atoms with Crippen LogP contribution in [-0.2, 0) is 10.3 Å². The molecule has 0 bridgehead atoms. The second kappa shape index (κ2) is 13.0. The smallest absolute Gasteiger partial charge is 0.515 e. The molecule has 166 valence electrons. The Morgan fingerprint density at radius 1 is 0.758 bits per heavy atom. The fourth-order valence-electron chi connectivity index (χ4n) is 5.22. The summed E-state index contributed by atoms with van der Waals surface area (Å²) >= 11 is 0. The molecule has 3 aromatic rings. The predicted octanol–water partition coefficient (Wildman–Crippen LogP) is 5.11. The summed E-state index contributed by atoms with van der Waals surface area (Å²) < 4.78 is 7.04. The van der Waals surface area contributed by atoms with E-state index in [2.05, 4.69) is 91.0 Å². The zero-order valence-corrected chi connectivity index (χ0v) is 20.0. The minimum Gasteiger partial charge on any atom is -0.515 e. The van der Waals surface area contributed by atoms with Gasteiger partial charge < -0.3 is 11.3 Å². The van der Waals surface area contributed by atoms with Crippen LogP contribution < -0.4 is 18.9 Å². The fraction of sp³-hybridized carbons (Fsp3) is 0.355. The number of unbranched alkanes of at least 4 members (excludes halogenated alkanes) is 1. The molecular formula is C31H35LiO. The molecule has 1 fully saturated rings. The van der Waals surface area contributed by atoms with E-state index in [1.54, 1.807) is 6.08 Å². The average molecular weight is 431 g/mol. The summed E-state index contributed by atoms with van der Waals surface area (Å²) in [4.78, 5) is 0. The molecule has 1 atom stereocenters. The summed E-state index contributed by atoms with van der Waals surface area (Å²) in [6, 6.07) is 31.6. The zero-order valence-electron chi connectivity index (χ0n) is 20.0. The van der Waals surface area contributed by atoms with Gasteiger partial charge in [-0.15, -0.1) is 0 Å². The molecule has 4 rings (SSSR count). The van der Waals surface area contributed by atoms with Crippen molar-refractivity contribution in [3.05, 3.63) is 120 Å². The van der Waals surface area contributed by atoms with Gasteiger partial charge in [-0.2, -0.15) is 0 Å². The largest absolute Gasteiger partial charge is 1.00 e. The van der Waals surface area contributed by atoms with E-state index in [4.69, 9.17) is 11.3 Å². The third-order valence-corrected chi connectivity index (χ3v) is 6.91. The molecular weight excluding hydrogens is 395 g/mol.